The number of hydrogen-bond donors (Lipinski definition) is 1. The Labute approximate surface area is 149 Å². The van der Waals surface area contributed by atoms with E-state index < -0.39 is 0 Å². The Morgan fingerprint density at radius 2 is 1.96 bits per heavy atom. The summed E-state index contributed by atoms with van der Waals surface area (Å²) in [6, 6.07) is 8.32. The molecule has 0 spiro atoms. The van der Waals surface area contributed by atoms with Crippen molar-refractivity contribution in [1.29, 1.82) is 0 Å². The third-order valence-corrected chi connectivity index (χ3v) is 4.78. The largest absolute Gasteiger partial charge is 0.353 e. The van der Waals surface area contributed by atoms with Crippen LogP contribution < -0.4 is 5.32 Å². The molecule has 0 saturated heterocycles. The van der Waals surface area contributed by atoms with E-state index in [9.17, 15) is 4.79 Å². The standard InChI is InChI=1S/C20H27N3O2/c1-15-8-7-9-16(14-15)20-22-19(25-23-20)13-12-18(24)21-17-10-5-3-2-4-6-11-17/h7-9,14,17H,2-6,10-13H2,1H3,(H,21,24). The van der Waals surface area contributed by atoms with Gasteiger partial charge in [0.15, 0.2) is 0 Å². The lowest BCUT2D eigenvalue weighted by molar-refractivity contribution is -0.122. The molecule has 5 nitrogen and oxygen atoms in total. The van der Waals surface area contributed by atoms with Gasteiger partial charge in [-0.15, -0.1) is 0 Å². The van der Waals surface area contributed by atoms with Gasteiger partial charge >= 0.3 is 0 Å². The van der Waals surface area contributed by atoms with E-state index in [0.29, 0.717) is 30.6 Å². The second kappa shape index (κ2) is 8.79. The Hall–Kier alpha value is -2.17. The molecule has 0 aliphatic heterocycles. The molecule has 1 aromatic heterocycles. The quantitative estimate of drug-likeness (QED) is 0.884. The number of benzene rings is 1. The molecule has 5 heteroatoms. The number of nitrogens with one attached hydrogen (secondary N) is 1. The zero-order chi connectivity index (χ0) is 17.5. The number of aromatic nitrogens is 2. The first kappa shape index (κ1) is 17.6. The summed E-state index contributed by atoms with van der Waals surface area (Å²) in [6.45, 7) is 2.03. The predicted octanol–water partition coefficient (Wildman–Crippen LogP) is 4.21. The molecule has 2 aromatic rings. The van der Waals surface area contributed by atoms with Crippen LogP contribution in [0.4, 0.5) is 0 Å². The van der Waals surface area contributed by atoms with Gasteiger partial charge < -0.3 is 9.84 Å². The van der Waals surface area contributed by atoms with Crippen LogP contribution in [0.15, 0.2) is 28.8 Å². The Kier molecular flexibility index (Phi) is 6.20. The number of hydrogen-bond acceptors (Lipinski definition) is 4. The van der Waals surface area contributed by atoms with Crippen LogP contribution in [-0.4, -0.2) is 22.1 Å². The van der Waals surface area contributed by atoms with Crippen LogP contribution in [0.5, 0.6) is 0 Å². The SMILES string of the molecule is Cc1cccc(-c2noc(CCC(=O)NC3CCCCCCC3)n2)c1. The van der Waals surface area contributed by atoms with Gasteiger partial charge in [0.05, 0.1) is 0 Å². The number of carbonyl (C=O) groups excluding carboxylic acids is 1. The molecule has 0 radical (unpaired) electrons. The Bertz CT molecular complexity index is 688. The van der Waals surface area contributed by atoms with Gasteiger partial charge in [-0.25, -0.2) is 0 Å². The fourth-order valence-corrected chi connectivity index (χ4v) is 3.38. The average Bonchev–Trinajstić information content (AvgIpc) is 3.04. The lowest BCUT2D eigenvalue weighted by Gasteiger charge is -2.20. The van der Waals surface area contributed by atoms with Crippen molar-refractivity contribution in [2.45, 2.75) is 70.8 Å². The third kappa shape index (κ3) is 5.41. The summed E-state index contributed by atoms with van der Waals surface area (Å²) in [7, 11) is 0. The van der Waals surface area contributed by atoms with Gasteiger partial charge in [0.1, 0.15) is 0 Å². The monoisotopic (exact) mass is 341 g/mol. The fraction of sp³-hybridized carbons (Fsp3) is 0.550. The highest BCUT2D eigenvalue weighted by atomic mass is 16.5. The van der Waals surface area contributed by atoms with Crippen molar-refractivity contribution in [3.63, 3.8) is 0 Å². The summed E-state index contributed by atoms with van der Waals surface area (Å²) in [5, 5.41) is 7.20. The Balaban J connectivity index is 1.49. The van der Waals surface area contributed by atoms with Crippen molar-refractivity contribution >= 4 is 5.91 Å². The van der Waals surface area contributed by atoms with E-state index in [1.807, 2.05) is 31.2 Å². The molecule has 3 rings (SSSR count). The van der Waals surface area contributed by atoms with E-state index in [4.69, 9.17) is 4.52 Å². The second-order valence-corrected chi connectivity index (χ2v) is 6.99. The summed E-state index contributed by atoms with van der Waals surface area (Å²) in [5.74, 6) is 1.18. The highest BCUT2D eigenvalue weighted by molar-refractivity contribution is 5.76. The first-order chi connectivity index (χ1) is 12.2. The Morgan fingerprint density at radius 3 is 2.72 bits per heavy atom. The number of amides is 1. The maximum atomic E-state index is 12.2. The normalized spacial score (nSPS) is 16.2. The van der Waals surface area contributed by atoms with Crippen LogP contribution in [-0.2, 0) is 11.2 Å². The molecule has 1 amide bonds. The van der Waals surface area contributed by atoms with E-state index in [2.05, 4.69) is 15.5 Å². The molecule has 1 fully saturated rings. The van der Waals surface area contributed by atoms with Gasteiger partial charge in [-0.1, -0.05) is 61.0 Å². The van der Waals surface area contributed by atoms with E-state index in [-0.39, 0.29) is 5.91 Å². The van der Waals surface area contributed by atoms with Gasteiger partial charge in [-0.3, -0.25) is 4.79 Å². The predicted molar refractivity (Wildman–Crippen MR) is 97.0 cm³/mol. The molecule has 1 saturated carbocycles. The first-order valence-corrected chi connectivity index (χ1v) is 9.40. The summed E-state index contributed by atoms with van der Waals surface area (Å²) in [6.07, 6.45) is 9.42. The first-order valence-electron chi connectivity index (χ1n) is 9.40. The molecule has 25 heavy (non-hydrogen) atoms. The lowest BCUT2D eigenvalue weighted by atomic mass is 9.96. The molecule has 0 unspecified atom stereocenters. The van der Waals surface area contributed by atoms with E-state index in [0.717, 1.165) is 24.0 Å². The summed E-state index contributed by atoms with van der Waals surface area (Å²) < 4.78 is 5.29. The van der Waals surface area contributed by atoms with Crippen molar-refractivity contribution < 1.29 is 9.32 Å². The van der Waals surface area contributed by atoms with E-state index >= 15 is 0 Å². The maximum absolute atomic E-state index is 12.2. The van der Waals surface area contributed by atoms with Gasteiger partial charge in [0.2, 0.25) is 17.6 Å². The molecule has 1 aliphatic rings. The highest BCUT2D eigenvalue weighted by Crippen LogP contribution is 2.18. The molecular weight excluding hydrogens is 314 g/mol. The number of rotatable bonds is 5. The molecule has 134 valence electrons. The Morgan fingerprint density at radius 1 is 1.20 bits per heavy atom. The van der Waals surface area contributed by atoms with E-state index in [1.54, 1.807) is 0 Å². The maximum Gasteiger partial charge on any atom is 0.227 e. The molecule has 1 heterocycles. The van der Waals surface area contributed by atoms with Crippen LogP contribution in [0, 0.1) is 6.92 Å². The zero-order valence-corrected chi connectivity index (χ0v) is 15.0. The van der Waals surface area contributed by atoms with Crippen molar-refractivity contribution in [2.24, 2.45) is 0 Å². The molecule has 1 aliphatic carbocycles. The van der Waals surface area contributed by atoms with Crippen molar-refractivity contribution in [1.82, 2.24) is 15.5 Å². The minimum atomic E-state index is 0.0841. The van der Waals surface area contributed by atoms with Gasteiger partial charge in [0, 0.05) is 24.4 Å². The average molecular weight is 341 g/mol. The third-order valence-electron chi connectivity index (χ3n) is 4.78. The second-order valence-electron chi connectivity index (χ2n) is 6.99. The van der Waals surface area contributed by atoms with Crippen LogP contribution in [0.25, 0.3) is 11.4 Å². The van der Waals surface area contributed by atoms with Crippen molar-refractivity contribution in [2.75, 3.05) is 0 Å². The van der Waals surface area contributed by atoms with Gasteiger partial charge in [-0.2, -0.15) is 4.98 Å². The topological polar surface area (TPSA) is 68.0 Å². The van der Waals surface area contributed by atoms with Gasteiger partial charge in [-0.05, 0) is 25.8 Å². The molecule has 1 N–H and O–H groups in total. The van der Waals surface area contributed by atoms with Crippen molar-refractivity contribution in [3.05, 3.63) is 35.7 Å². The van der Waals surface area contributed by atoms with Crippen LogP contribution >= 0.6 is 0 Å². The molecule has 0 atom stereocenters. The summed E-state index contributed by atoms with van der Waals surface area (Å²) >= 11 is 0. The van der Waals surface area contributed by atoms with Crippen LogP contribution in [0.3, 0.4) is 0 Å². The summed E-state index contributed by atoms with van der Waals surface area (Å²) in [4.78, 5) is 16.6. The van der Waals surface area contributed by atoms with Crippen molar-refractivity contribution in [3.8, 4) is 11.4 Å². The highest BCUT2D eigenvalue weighted by Gasteiger charge is 2.15. The number of nitrogens with zero attached hydrogens (tertiary/aromatic N) is 2. The molecular formula is C20H27N3O2. The van der Waals surface area contributed by atoms with Crippen LogP contribution in [0.1, 0.15) is 62.8 Å². The van der Waals surface area contributed by atoms with Gasteiger partial charge in [0.25, 0.3) is 0 Å². The van der Waals surface area contributed by atoms with E-state index in [1.165, 1.54) is 32.1 Å². The molecule has 0 bridgehead atoms. The smallest absolute Gasteiger partial charge is 0.227 e. The fourth-order valence-electron chi connectivity index (χ4n) is 3.38. The number of aryl methyl sites for hydroxylation is 2. The summed E-state index contributed by atoms with van der Waals surface area (Å²) in [5.41, 5.74) is 2.09. The minimum absolute atomic E-state index is 0.0841. The lowest BCUT2D eigenvalue weighted by Crippen LogP contribution is -2.35. The molecule has 1 aromatic carbocycles. The number of carbonyl (C=O) groups is 1. The van der Waals surface area contributed by atoms with Crippen LogP contribution in [0.2, 0.25) is 0 Å². The zero-order valence-electron chi connectivity index (χ0n) is 15.0. The minimum Gasteiger partial charge on any atom is -0.353 e.